The van der Waals surface area contributed by atoms with Crippen molar-refractivity contribution in [2.75, 3.05) is 19.8 Å². The molecular formula is C21H24O4. The quantitative estimate of drug-likeness (QED) is 0.505. The van der Waals surface area contributed by atoms with Crippen LogP contribution >= 0.6 is 0 Å². The fourth-order valence-electron chi connectivity index (χ4n) is 2.18. The first-order chi connectivity index (χ1) is 12.1. The smallest absolute Gasteiger partial charge is 0.333 e. The van der Waals surface area contributed by atoms with Crippen molar-refractivity contribution >= 4 is 5.97 Å². The van der Waals surface area contributed by atoms with Crippen LogP contribution in [0.2, 0.25) is 0 Å². The normalized spacial score (nSPS) is 11.6. The average Bonchev–Trinajstić information content (AvgIpc) is 2.64. The maximum atomic E-state index is 11.7. The van der Waals surface area contributed by atoms with E-state index in [1.807, 2.05) is 49.4 Å². The van der Waals surface area contributed by atoms with Crippen molar-refractivity contribution in [3.05, 3.63) is 66.7 Å². The van der Waals surface area contributed by atoms with Gasteiger partial charge in [-0.25, -0.2) is 4.79 Å². The summed E-state index contributed by atoms with van der Waals surface area (Å²) in [6.07, 6.45) is -0.474. The lowest BCUT2D eigenvalue weighted by Crippen LogP contribution is -2.30. The van der Waals surface area contributed by atoms with Crippen LogP contribution < -0.4 is 4.74 Å². The van der Waals surface area contributed by atoms with Gasteiger partial charge in [-0.3, -0.25) is 0 Å². The third kappa shape index (κ3) is 6.08. The van der Waals surface area contributed by atoms with Crippen molar-refractivity contribution in [2.45, 2.75) is 20.0 Å². The highest BCUT2D eigenvalue weighted by Gasteiger charge is 2.16. The number of esters is 1. The molecule has 0 fully saturated rings. The molecule has 2 aromatic carbocycles. The van der Waals surface area contributed by atoms with Gasteiger partial charge < -0.3 is 14.2 Å². The molecular weight excluding hydrogens is 316 g/mol. The SMILES string of the molecule is C=C(C)C(=O)OC(COCC)COc1ccc(-c2ccccc2)cc1. The summed E-state index contributed by atoms with van der Waals surface area (Å²) in [5.41, 5.74) is 2.62. The van der Waals surface area contributed by atoms with Crippen LogP contribution in [0, 0.1) is 0 Å². The van der Waals surface area contributed by atoms with Gasteiger partial charge in [0.25, 0.3) is 0 Å². The van der Waals surface area contributed by atoms with Crippen LogP contribution in [0.3, 0.4) is 0 Å². The van der Waals surface area contributed by atoms with Crippen molar-refractivity contribution in [2.24, 2.45) is 0 Å². The number of rotatable bonds is 9. The van der Waals surface area contributed by atoms with Gasteiger partial charge in [-0.05, 0) is 37.1 Å². The predicted molar refractivity (Wildman–Crippen MR) is 98.6 cm³/mol. The Labute approximate surface area is 149 Å². The number of ether oxygens (including phenoxy) is 3. The molecule has 0 saturated heterocycles. The Morgan fingerprint density at radius 1 is 1.00 bits per heavy atom. The number of hydrogen-bond donors (Lipinski definition) is 0. The van der Waals surface area contributed by atoms with Crippen molar-refractivity contribution < 1.29 is 19.0 Å². The summed E-state index contributed by atoms with van der Waals surface area (Å²) in [4.78, 5) is 11.7. The summed E-state index contributed by atoms with van der Waals surface area (Å²) >= 11 is 0. The molecule has 0 bridgehead atoms. The summed E-state index contributed by atoms with van der Waals surface area (Å²) in [7, 11) is 0. The van der Waals surface area contributed by atoms with Crippen molar-refractivity contribution in [1.82, 2.24) is 0 Å². The van der Waals surface area contributed by atoms with E-state index in [4.69, 9.17) is 14.2 Å². The van der Waals surface area contributed by atoms with E-state index in [2.05, 4.69) is 18.7 Å². The Balaban J connectivity index is 1.94. The molecule has 0 amide bonds. The van der Waals surface area contributed by atoms with E-state index in [1.54, 1.807) is 6.92 Å². The van der Waals surface area contributed by atoms with Crippen LogP contribution in [-0.2, 0) is 14.3 Å². The lowest BCUT2D eigenvalue weighted by molar-refractivity contribution is -0.149. The molecule has 0 aliphatic rings. The predicted octanol–water partition coefficient (Wildman–Crippen LogP) is 4.26. The Kier molecular flexibility index (Phi) is 7.23. The summed E-state index contributed by atoms with van der Waals surface area (Å²) in [5.74, 6) is 0.278. The van der Waals surface area contributed by atoms with Crippen molar-refractivity contribution in [3.63, 3.8) is 0 Å². The molecule has 0 N–H and O–H groups in total. The zero-order valence-electron chi connectivity index (χ0n) is 14.7. The van der Waals surface area contributed by atoms with E-state index in [0.29, 0.717) is 17.9 Å². The van der Waals surface area contributed by atoms with E-state index in [9.17, 15) is 4.79 Å². The van der Waals surface area contributed by atoms with Gasteiger partial charge in [0.05, 0.1) is 6.61 Å². The Morgan fingerprint density at radius 2 is 1.64 bits per heavy atom. The van der Waals surface area contributed by atoms with Gasteiger partial charge in [0.15, 0.2) is 6.10 Å². The second-order valence-corrected chi connectivity index (χ2v) is 5.67. The first-order valence-electron chi connectivity index (χ1n) is 8.32. The van der Waals surface area contributed by atoms with E-state index < -0.39 is 12.1 Å². The van der Waals surface area contributed by atoms with E-state index in [-0.39, 0.29) is 13.2 Å². The van der Waals surface area contributed by atoms with Crippen molar-refractivity contribution in [3.8, 4) is 16.9 Å². The lowest BCUT2D eigenvalue weighted by Gasteiger charge is -2.18. The van der Waals surface area contributed by atoms with Gasteiger partial charge in [-0.1, -0.05) is 49.0 Å². The maximum absolute atomic E-state index is 11.7. The highest BCUT2D eigenvalue weighted by Crippen LogP contribution is 2.22. The first kappa shape index (κ1) is 18.7. The van der Waals surface area contributed by atoms with Gasteiger partial charge in [-0.15, -0.1) is 0 Å². The van der Waals surface area contributed by atoms with Gasteiger partial charge in [-0.2, -0.15) is 0 Å². The largest absolute Gasteiger partial charge is 0.490 e. The van der Waals surface area contributed by atoms with Crippen LogP contribution in [0.5, 0.6) is 5.75 Å². The van der Waals surface area contributed by atoms with E-state index in [1.165, 1.54) is 0 Å². The minimum absolute atomic E-state index is 0.226. The molecule has 0 aromatic heterocycles. The molecule has 2 aromatic rings. The lowest BCUT2D eigenvalue weighted by atomic mass is 10.1. The fraction of sp³-hybridized carbons (Fsp3) is 0.286. The molecule has 1 atom stereocenters. The van der Waals surface area contributed by atoms with Crippen LogP contribution in [-0.4, -0.2) is 31.9 Å². The molecule has 0 saturated carbocycles. The number of carbonyl (C=O) groups excluding carboxylic acids is 1. The number of hydrogen-bond acceptors (Lipinski definition) is 4. The first-order valence-corrected chi connectivity index (χ1v) is 8.32. The molecule has 4 nitrogen and oxygen atoms in total. The van der Waals surface area contributed by atoms with Gasteiger partial charge in [0.1, 0.15) is 12.4 Å². The zero-order chi connectivity index (χ0) is 18.1. The highest BCUT2D eigenvalue weighted by atomic mass is 16.6. The third-order valence-corrected chi connectivity index (χ3v) is 3.53. The fourth-order valence-corrected chi connectivity index (χ4v) is 2.18. The molecule has 0 aliphatic carbocycles. The Hall–Kier alpha value is -2.59. The Morgan fingerprint density at radius 3 is 2.24 bits per heavy atom. The van der Waals surface area contributed by atoms with Gasteiger partial charge in [0.2, 0.25) is 0 Å². The molecule has 0 radical (unpaired) electrons. The molecule has 25 heavy (non-hydrogen) atoms. The topological polar surface area (TPSA) is 44.8 Å². The zero-order valence-corrected chi connectivity index (χ0v) is 14.7. The summed E-state index contributed by atoms with van der Waals surface area (Å²) in [6.45, 7) is 8.16. The van der Waals surface area contributed by atoms with Gasteiger partial charge >= 0.3 is 5.97 Å². The number of benzene rings is 2. The summed E-state index contributed by atoms with van der Waals surface area (Å²) < 4.78 is 16.4. The molecule has 132 valence electrons. The van der Waals surface area contributed by atoms with Crippen molar-refractivity contribution in [1.29, 1.82) is 0 Å². The van der Waals surface area contributed by atoms with Crippen LogP contribution in [0.4, 0.5) is 0 Å². The maximum Gasteiger partial charge on any atom is 0.333 e. The minimum atomic E-state index is -0.474. The standard InChI is InChI=1S/C21H24O4/c1-4-23-14-20(25-21(22)16(2)3)15-24-19-12-10-18(11-13-19)17-8-6-5-7-9-17/h5-13,20H,2,4,14-15H2,1,3H3. The van der Waals surface area contributed by atoms with E-state index >= 15 is 0 Å². The molecule has 0 heterocycles. The molecule has 0 aliphatic heterocycles. The third-order valence-electron chi connectivity index (χ3n) is 3.53. The second-order valence-electron chi connectivity index (χ2n) is 5.67. The number of carbonyl (C=O) groups is 1. The van der Waals surface area contributed by atoms with Crippen LogP contribution in [0.1, 0.15) is 13.8 Å². The molecule has 0 spiro atoms. The second kappa shape index (κ2) is 9.64. The molecule has 1 unspecified atom stereocenters. The Bertz CT molecular complexity index is 677. The average molecular weight is 340 g/mol. The monoisotopic (exact) mass is 340 g/mol. The minimum Gasteiger partial charge on any atom is -0.490 e. The highest BCUT2D eigenvalue weighted by molar-refractivity contribution is 5.87. The van der Waals surface area contributed by atoms with Gasteiger partial charge in [0, 0.05) is 12.2 Å². The van der Waals surface area contributed by atoms with E-state index in [0.717, 1.165) is 11.1 Å². The summed E-state index contributed by atoms with van der Waals surface area (Å²) in [5, 5.41) is 0. The molecule has 4 heteroatoms. The summed E-state index contributed by atoms with van der Waals surface area (Å²) in [6, 6.07) is 17.9. The van der Waals surface area contributed by atoms with Crippen LogP contribution in [0.15, 0.2) is 66.7 Å². The molecule has 2 rings (SSSR count). The van der Waals surface area contributed by atoms with Crippen LogP contribution in [0.25, 0.3) is 11.1 Å².